The van der Waals surface area contributed by atoms with E-state index in [-0.39, 0.29) is 17.5 Å². The number of amides is 1. The Morgan fingerprint density at radius 3 is 2.57 bits per heavy atom. The number of carbonyl (C=O) groups is 1. The van der Waals surface area contributed by atoms with Gasteiger partial charge in [-0.05, 0) is 48.7 Å². The number of piperidine rings is 1. The standard InChI is InChI=1S/C25H25ClN6O4S/c26-18-7-9-20(10-8-18)37(35,36)29-14-16-3-5-17(6-4-16)23-22-21(11-12-28-24(22)27)32(30-23)19-2-1-13-31(15-19)25(33)34/h3-12,19,29H,1-2,13-15H2,(H2,27,28)(H,33,34)/t19-/m1/s1. The van der Waals surface area contributed by atoms with Crippen molar-refractivity contribution in [3.63, 3.8) is 0 Å². The molecular formula is C25H25ClN6O4S. The van der Waals surface area contributed by atoms with E-state index in [1.807, 2.05) is 35.0 Å². The molecule has 0 aliphatic carbocycles. The van der Waals surface area contributed by atoms with Crippen LogP contribution in [-0.4, -0.2) is 52.4 Å². The fourth-order valence-electron chi connectivity index (χ4n) is 4.58. The highest BCUT2D eigenvalue weighted by Crippen LogP contribution is 2.34. The van der Waals surface area contributed by atoms with Crippen molar-refractivity contribution in [1.29, 1.82) is 0 Å². The average molecular weight is 541 g/mol. The molecule has 0 unspecified atom stereocenters. The summed E-state index contributed by atoms with van der Waals surface area (Å²) in [5.41, 5.74) is 9.24. The first-order chi connectivity index (χ1) is 17.7. The number of nitrogen functional groups attached to an aromatic ring is 1. The van der Waals surface area contributed by atoms with Gasteiger partial charge in [-0.2, -0.15) is 5.10 Å². The summed E-state index contributed by atoms with van der Waals surface area (Å²) in [5.74, 6) is 0.337. The van der Waals surface area contributed by atoms with Gasteiger partial charge in [0.05, 0.1) is 21.8 Å². The molecule has 1 aliphatic heterocycles. The van der Waals surface area contributed by atoms with E-state index in [9.17, 15) is 18.3 Å². The fraction of sp³-hybridized carbons (Fsp3) is 0.240. The summed E-state index contributed by atoms with van der Waals surface area (Å²) in [6.45, 7) is 0.961. The van der Waals surface area contributed by atoms with Crippen molar-refractivity contribution in [1.82, 2.24) is 24.4 Å². The van der Waals surface area contributed by atoms with Gasteiger partial charge in [-0.1, -0.05) is 35.9 Å². The Labute approximate surface area is 218 Å². The van der Waals surface area contributed by atoms with Crippen LogP contribution in [0.15, 0.2) is 65.7 Å². The second-order valence-corrected chi connectivity index (χ2v) is 11.1. The van der Waals surface area contributed by atoms with Crippen LogP contribution in [0.25, 0.3) is 22.2 Å². The van der Waals surface area contributed by atoms with Gasteiger partial charge in [-0.25, -0.2) is 22.9 Å². The fourth-order valence-corrected chi connectivity index (χ4v) is 5.72. The van der Waals surface area contributed by atoms with Gasteiger partial charge >= 0.3 is 6.09 Å². The van der Waals surface area contributed by atoms with Crippen molar-refractivity contribution < 1.29 is 18.3 Å². The molecule has 1 atom stereocenters. The maximum absolute atomic E-state index is 12.6. The molecule has 10 nitrogen and oxygen atoms in total. The van der Waals surface area contributed by atoms with Crippen LogP contribution in [0.1, 0.15) is 24.4 Å². The molecule has 0 saturated carbocycles. The number of nitrogens with two attached hydrogens (primary N) is 1. The third kappa shape index (κ3) is 5.10. The SMILES string of the molecule is Nc1nccc2c1c(-c1ccc(CNS(=O)(=O)c3ccc(Cl)cc3)cc1)nn2[C@@H]1CCCN(C(=O)O)C1. The summed E-state index contributed by atoms with van der Waals surface area (Å²) >= 11 is 5.85. The van der Waals surface area contributed by atoms with Crippen LogP contribution in [0.2, 0.25) is 5.02 Å². The molecule has 1 saturated heterocycles. The molecular weight excluding hydrogens is 516 g/mol. The summed E-state index contributed by atoms with van der Waals surface area (Å²) in [6, 6.07) is 15.0. The van der Waals surface area contributed by atoms with Gasteiger partial charge in [0.2, 0.25) is 10.0 Å². The number of benzene rings is 2. The van der Waals surface area contributed by atoms with E-state index in [0.717, 1.165) is 29.5 Å². The summed E-state index contributed by atoms with van der Waals surface area (Å²) in [4.78, 5) is 17.3. The number of nitrogens with zero attached hydrogens (tertiary/aromatic N) is 4. The van der Waals surface area contributed by atoms with E-state index >= 15 is 0 Å². The molecule has 0 bridgehead atoms. The molecule has 1 fully saturated rings. The minimum absolute atomic E-state index is 0.108. The minimum atomic E-state index is -3.69. The molecule has 1 aliphatic rings. The number of fused-ring (bicyclic) bond motifs is 1. The first kappa shape index (κ1) is 25.0. The number of pyridine rings is 1. The molecule has 5 rings (SSSR count). The van der Waals surface area contributed by atoms with Crippen molar-refractivity contribution in [3.8, 4) is 11.3 Å². The zero-order chi connectivity index (χ0) is 26.2. The number of anilines is 1. The molecule has 4 aromatic rings. The van der Waals surface area contributed by atoms with Crippen molar-refractivity contribution in [2.75, 3.05) is 18.8 Å². The Kier molecular flexibility index (Phi) is 6.76. The van der Waals surface area contributed by atoms with E-state index in [2.05, 4.69) is 9.71 Å². The van der Waals surface area contributed by atoms with Crippen LogP contribution in [0.4, 0.5) is 10.6 Å². The molecule has 37 heavy (non-hydrogen) atoms. The van der Waals surface area contributed by atoms with Gasteiger partial charge in [-0.3, -0.25) is 4.68 Å². The van der Waals surface area contributed by atoms with Crippen LogP contribution in [0.5, 0.6) is 0 Å². The molecule has 12 heteroatoms. The molecule has 3 heterocycles. The lowest BCUT2D eigenvalue weighted by Gasteiger charge is -2.31. The zero-order valence-electron chi connectivity index (χ0n) is 19.7. The van der Waals surface area contributed by atoms with Crippen LogP contribution >= 0.6 is 11.6 Å². The average Bonchev–Trinajstić information content (AvgIpc) is 3.29. The Hall–Kier alpha value is -3.67. The lowest BCUT2D eigenvalue weighted by atomic mass is 10.1. The number of hydrogen-bond donors (Lipinski definition) is 3. The van der Waals surface area contributed by atoms with E-state index in [1.54, 1.807) is 6.20 Å². The third-order valence-corrected chi connectivity index (χ3v) is 8.15. The lowest BCUT2D eigenvalue weighted by Crippen LogP contribution is -2.40. The number of sulfonamides is 1. The van der Waals surface area contributed by atoms with Gasteiger partial charge in [0.1, 0.15) is 11.5 Å². The molecule has 2 aromatic carbocycles. The highest BCUT2D eigenvalue weighted by molar-refractivity contribution is 7.89. The van der Waals surface area contributed by atoms with E-state index in [4.69, 9.17) is 22.4 Å². The maximum atomic E-state index is 12.6. The van der Waals surface area contributed by atoms with Crippen LogP contribution in [0.3, 0.4) is 0 Å². The Morgan fingerprint density at radius 2 is 1.86 bits per heavy atom. The van der Waals surface area contributed by atoms with Crippen LogP contribution in [0, 0.1) is 0 Å². The number of halogens is 1. The largest absolute Gasteiger partial charge is 0.465 e. The number of hydrogen-bond acceptors (Lipinski definition) is 6. The predicted octanol–water partition coefficient (Wildman–Crippen LogP) is 4.13. The highest BCUT2D eigenvalue weighted by atomic mass is 35.5. The Morgan fingerprint density at radius 1 is 1.14 bits per heavy atom. The molecule has 0 spiro atoms. The number of rotatable bonds is 6. The number of carboxylic acid groups (broad SMARTS) is 1. The number of nitrogens with one attached hydrogen (secondary N) is 1. The van der Waals surface area contributed by atoms with Gasteiger partial charge in [0, 0.05) is 36.4 Å². The lowest BCUT2D eigenvalue weighted by molar-refractivity contribution is 0.120. The third-order valence-electron chi connectivity index (χ3n) is 6.48. The predicted molar refractivity (Wildman–Crippen MR) is 141 cm³/mol. The van der Waals surface area contributed by atoms with E-state index in [0.29, 0.717) is 35.0 Å². The summed E-state index contributed by atoms with van der Waals surface area (Å²) < 4.78 is 29.6. The number of aromatic nitrogens is 3. The van der Waals surface area contributed by atoms with Crippen LogP contribution < -0.4 is 10.5 Å². The first-order valence-corrected chi connectivity index (χ1v) is 13.5. The van der Waals surface area contributed by atoms with Gasteiger partial charge in [0.25, 0.3) is 0 Å². The van der Waals surface area contributed by atoms with Crippen molar-refractivity contribution >= 4 is 44.4 Å². The van der Waals surface area contributed by atoms with E-state index in [1.165, 1.54) is 29.2 Å². The van der Waals surface area contributed by atoms with Gasteiger partial charge in [0.15, 0.2) is 0 Å². The van der Waals surface area contributed by atoms with Gasteiger partial charge in [-0.15, -0.1) is 0 Å². The van der Waals surface area contributed by atoms with Crippen molar-refractivity contribution in [2.45, 2.75) is 30.3 Å². The molecule has 2 aromatic heterocycles. The quantitative estimate of drug-likeness (QED) is 0.333. The second-order valence-electron chi connectivity index (χ2n) is 8.88. The summed E-state index contributed by atoms with van der Waals surface area (Å²) in [6.07, 6.45) is 2.22. The molecule has 192 valence electrons. The molecule has 0 radical (unpaired) electrons. The van der Waals surface area contributed by atoms with Gasteiger partial charge < -0.3 is 15.7 Å². The zero-order valence-corrected chi connectivity index (χ0v) is 21.3. The monoisotopic (exact) mass is 540 g/mol. The Bertz CT molecular complexity index is 1550. The summed E-state index contributed by atoms with van der Waals surface area (Å²) in [7, 11) is -3.69. The number of likely N-dealkylation sites (tertiary alicyclic amines) is 1. The topological polar surface area (TPSA) is 143 Å². The van der Waals surface area contributed by atoms with E-state index < -0.39 is 16.1 Å². The van der Waals surface area contributed by atoms with Crippen LogP contribution in [-0.2, 0) is 16.6 Å². The summed E-state index contributed by atoms with van der Waals surface area (Å²) in [5, 5.41) is 15.5. The Balaban J connectivity index is 1.41. The highest BCUT2D eigenvalue weighted by Gasteiger charge is 2.28. The maximum Gasteiger partial charge on any atom is 0.407 e. The normalized spacial score (nSPS) is 16.2. The van der Waals surface area contributed by atoms with Crippen molar-refractivity contribution in [3.05, 3.63) is 71.4 Å². The molecule has 1 amide bonds. The minimum Gasteiger partial charge on any atom is -0.465 e. The molecule has 4 N–H and O–H groups in total. The smallest absolute Gasteiger partial charge is 0.407 e. The second kappa shape index (κ2) is 10.0. The first-order valence-electron chi connectivity index (χ1n) is 11.7. The van der Waals surface area contributed by atoms with Crippen molar-refractivity contribution in [2.24, 2.45) is 0 Å².